The van der Waals surface area contributed by atoms with Crippen molar-refractivity contribution in [1.82, 2.24) is 15.1 Å². The lowest BCUT2D eigenvalue weighted by atomic mass is 10.0. The van der Waals surface area contributed by atoms with Gasteiger partial charge < -0.3 is 19.9 Å². The van der Waals surface area contributed by atoms with E-state index in [1.54, 1.807) is 0 Å². The Hall–Kier alpha value is -0.160. The predicted molar refractivity (Wildman–Crippen MR) is 75.0 cm³/mol. The molecule has 1 N–H and O–H groups in total. The van der Waals surface area contributed by atoms with Crippen LogP contribution in [-0.2, 0) is 4.74 Å². The van der Waals surface area contributed by atoms with Crippen LogP contribution in [0.25, 0.3) is 0 Å². The van der Waals surface area contributed by atoms with E-state index in [-0.39, 0.29) is 5.60 Å². The first-order valence-electron chi connectivity index (χ1n) is 7.40. The van der Waals surface area contributed by atoms with Crippen LogP contribution in [0.1, 0.15) is 26.7 Å². The zero-order valence-corrected chi connectivity index (χ0v) is 12.2. The lowest BCUT2D eigenvalue weighted by molar-refractivity contribution is -0.0739. The third-order valence-electron chi connectivity index (χ3n) is 4.52. The average molecular weight is 255 g/mol. The number of likely N-dealkylation sites (tertiary alicyclic amines) is 1. The molecule has 0 aromatic rings. The monoisotopic (exact) mass is 255 g/mol. The molecule has 0 spiro atoms. The van der Waals surface area contributed by atoms with Gasteiger partial charge in [0.1, 0.15) is 0 Å². The Morgan fingerprint density at radius 3 is 2.50 bits per heavy atom. The van der Waals surface area contributed by atoms with E-state index in [0.29, 0.717) is 0 Å². The molecule has 0 bridgehead atoms. The van der Waals surface area contributed by atoms with Crippen LogP contribution < -0.4 is 5.32 Å². The maximum Gasteiger partial charge on any atom is 0.0902 e. The Morgan fingerprint density at radius 2 is 2.00 bits per heavy atom. The van der Waals surface area contributed by atoms with Crippen LogP contribution in [0.3, 0.4) is 0 Å². The van der Waals surface area contributed by atoms with Crippen LogP contribution in [0.15, 0.2) is 0 Å². The standard InChI is InChI=1S/C14H29N3O/c1-4-17-7-5-13(6-8-17)16(3)9-10-18-14(2)11-15-12-14/h13,15H,4-12H2,1-3H3. The number of hydrogen-bond acceptors (Lipinski definition) is 4. The molecule has 106 valence electrons. The molecular weight excluding hydrogens is 226 g/mol. The van der Waals surface area contributed by atoms with Gasteiger partial charge in [0.15, 0.2) is 0 Å². The highest BCUT2D eigenvalue weighted by Gasteiger charge is 2.32. The highest BCUT2D eigenvalue weighted by atomic mass is 16.5. The molecular formula is C14H29N3O. The van der Waals surface area contributed by atoms with Crippen molar-refractivity contribution in [3.63, 3.8) is 0 Å². The van der Waals surface area contributed by atoms with Gasteiger partial charge in [-0.15, -0.1) is 0 Å². The summed E-state index contributed by atoms with van der Waals surface area (Å²) in [6.45, 7) is 12.1. The maximum absolute atomic E-state index is 5.95. The van der Waals surface area contributed by atoms with Gasteiger partial charge in [-0.2, -0.15) is 0 Å². The van der Waals surface area contributed by atoms with Crippen molar-refractivity contribution in [3.8, 4) is 0 Å². The summed E-state index contributed by atoms with van der Waals surface area (Å²) in [5, 5.41) is 3.27. The van der Waals surface area contributed by atoms with Crippen molar-refractivity contribution in [1.29, 1.82) is 0 Å². The molecule has 0 atom stereocenters. The minimum absolute atomic E-state index is 0.104. The Labute approximate surface area is 112 Å². The zero-order valence-electron chi connectivity index (χ0n) is 12.2. The number of nitrogens with zero attached hydrogens (tertiary/aromatic N) is 2. The van der Waals surface area contributed by atoms with Crippen molar-refractivity contribution in [2.24, 2.45) is 0 Å². The molecule has 0 aliphatic carbocycles. The molecule has 0 saturated carbocycles. The highest BCUT2D eigenvalue weighted by Crippen LogP contribution is 2.17. The molecule has 0 unspecified atom stereocenters. The summed E-state index contributed by atoms with van der Waals surface area (Å²) in [5.74, 6) is 0. The minimum Gasteiger partial charge on any atom is -0.371 e. The van der Waals surface area contributed by atoms with E-state index in [1.165, 1.54) is 32.5 Å². The van der Waals surface area contributed by atoms with E-state index in [0.717, 1.165) is 32.3 Å². The van der Waals surface area contributed by atoms with Gasteiger partial charge in [0.25, 0.3) is 0 Å². The Bertz CT molecular complexity index is 247. The van der Waals surface area contributed by atoms with Gasteiger partial charge in [-0.05, 0) is 46.4 Å². The summed E-state index contributed by atoms with van der Waals surface area (Å²) in [6, 6.07) is 0.753. The molecule has 4 nitrogen and oxygen atoms in total. The molecule has 2 fully saturated rings. The van der Waals surface area contributed by atoms with Crippen LogP contribution in [0.4, 0.5) is 0 Å². The molecule has 2 aliphatic heterocycles. The fourth-order valence-electron chi connectivity index (χ4n) is 2.87. The molecule has 2 heterocycles. The summed E-state index contributed by atoms with van der Waals surface area (Å²) < 4.78 is 5.95. The lowest BCUT2D eigenvalue weighted by Gasteiger charge is -2.40. The summed E-state index contributed by atoms with van der Waals surface area (Å²) in [6.07, 6.45) is 2.62. The zero-order chi connectivity index (χ0) is 13.0. The van der Waals surface area contributed by atoms with Crippen LogP contribution in [-0.4, -0.2) is 74.4 Å². The fraction of sp³-hybridized carbons (Fsp3) is 1.00. The number of piperidine rings is 1. The summed E-state index contributed by atoms with van der Waals surface area (Å²) in [5.41, 5.74) is 0.104. The first-order valence-corrected chi connectivity index (χ1v) is 7.40. The average Bonchev–Trinajstić information content (AvgIpc) is 2.36. The first kappa shape index (κ1) is 14.3. The summed E-state index contributed by atoms with van der Waals surface area (Å²) in [4.78, 5) is 5.03. The van der Waals surface area contributed by atoms with E-state index < -0.39 is 0 Å². The largest absolute Gasteiger partial charge is 0.371 e. The molecule has 0 radical (unpaired) electrons. The van der Waals surface area contributed by atoms with Crippen LogP contribution >= 0.6 is 0 Å². The first-order chi connectivity index (χ1) is 8.63. The van der Waals surface area contributed by atoms with E-state index in [9.17, 15) is 0 Å². The maximum atomic E-state index is 5.95. The van der Waals surface area contributed by atoms with E-state index in [4.69, 9.17) is 4.74 Å². The molecule has 0 aromatic heterocycles. The van der Waals surface area contributed by atoms with E-state index in [2.05, 4.69) is 36.0 Å². The van der Waals surface area contributed by atoms with Crippen molar-refractivity contribution >= 4 is 0 Å². The lowest BCUT2D eigenvalue weighted by Crippen LogP contribution is -2.59. The third kappa shape index (κ3) is 3.67. The Morgan fingerprint density at radius 1 is 1.33 bits per heavy atom. The van der Waals surface area contributed by atoms with E-state index in [1.807, 2.05) is 0 Å². The van der Waals surface area contributed by atoms with Gasteiger partial charge >= 0.3 is 0 Å². The number of ether oxygens (including phenoxy) is 1. The molecule has 2 saturated heterocycles. The van der Waals surface area contributed by atoms with Gasteiger partial charge in [0.05, 0.1) is 12.2 Å². The highest BCUT2D eigenvalue weighted by molar-refractivity contribution is 4.90. The SMILES string of the molecule is CCN1CCC(N(C)CCOC2(C)CNC2)CC1. The summed E-state index contributed by atoms with van der Waals surface area (Å²) in [7, 11) is 2.25. The fourth-order valence-corrected chi connectivity index (χ4v) is 2.87. The van der Waals surface area contributed by atoms with Gasteiger partial charge in [0.2, 0.25) is 0 Å². The van der Waals surface area contributed by atoms with Crippen LogP contribution in [0.2, 0.25) is 0 Å². The number of hydrogen-bond donors (Lipinski definition) is 1. The summed E-state index contributed by atoms with van der Waals surface area (Å²) >= 11 is 0. The van der Waals surface area contributed by atoms with Gasteiger partial charge in [-0.1, -0.05) is 6.92 Å². The second-order valence-corrected chi connectivity index (χ2v) is 6.05. The van der Waals surface area contributed by atoms with Crippen LogP contribution in [0.5, 0.6) is 0 Å². The molecule has 0 amide bonds. The number of nitrogens with one attached hydrogen (secondary N) is 1. The van der Waals surface area contributed by atoms with Crippen LogP contribution in [0, 0.1) is 0 Å². The molecule has 2 rings (SSSR count). The molecule has 0 aromatic carbocycles. The predicted octanol–water partition coefficient (Wildman–Crippen LogP) is 0.781. The normalized spacial score (nSPS) is 25.3. The van der Waals surface area contributed by atoms with Crippen molar-refractivity contribution < 1.29 is 4.74 Å². The quantitative estimate of drug-likeness (QED) is 0.759. The topological polar surface area (TPSA) is 27.7 Å². The number of rotatable bonds is 6. The Kier molecular flexibility index (Phi) is 5.01. The van der Waals surface area contributed by atoms with Gasteiger partial charge in [-0.25, -0.2) is 0 Å². The van der Waals surface area contributed by atoms with Crippen molar-refractivity contribution in [2.45, 2.75) is 38.3 Å². The second kappa shape index (κ2) is 6.33. The molecule has 2 aliphatic rings. The molecule has 4 heteroatoms. The molecule has 18 heavy (non-hydrogen) atoms. The van der Waals surface area contributed by atoms with Crippen molar-refractivity contribution in [3.05, 3.63) is 0 Å². The Balaban J connectivity index is 1.61. The van der Waals surface area contributed by atoms with E-state index >= 15 is 0 Å². The third-order valence-corrected chi connectivity index (χ3v) is 4.52. The minimum atomic E-state index is 0.104. The number of likely N-dealkylation sites (N-methyl/N-ethyl adjacent to an activating group) is 1. The van der Waals surface area contributed by atoms with Gasteiger partial charge in [0, 0.05) is 25.7 Å². The van der Waals surface area contributed by atoms with Gasteiger partial charge in [-0.3, -0.25) is 0 Å². The smallest absolute Gasteiger partial charge is 0.0902 e. The van der Waals surface area contributed by atoms with Crippen molar-refractivity contribution in [2.75, 3.05) is 52.9 Å². The second-order valence-electron chi connectivity index (χ2n) is 6.05.